The molecule has 248 valence electrons. The van der Waals surface area contributed by atoms with Crippen LogP contribution in [0.1, 0.15) is 18.1 Å². The van der Waals surface area contributed by atoms with E-state index in [1.54, 1.807) is 30.3 Å². The van der Waals surface area contributed by atoms with Crippen molar-refractivity contribution < 1.29 is 41.6 Å². The van der Waals surface area contributed by atoms with Gasteiger partial charge in [0, 0.05) is 12.1 Å². The first-order valence-corrected chi connectivity index (χ1v) is 15.9. The number of carbonyl (C=O) groups is 1. The molecule has 4 aromatic rings. The lowest BCUT2D eigenvalue weighted by Gasteiger charge is -2.26. The summed E-state index contributed by atoms with van der Waals surface area (Å²) < 4.78 is 62.1. The van der Waals surface area contributed by atoms with E-state index in [0.29, 0.717) is 41.8 Å². The van der Waals surface area contributed by atoms with Gasteiger partial charge in [0.1, 0.15) is 24.7 Å². The molecule has 0 bridgehead atoms. The van der Waals surface area contributed by atoms with Crippen LogP contribution in [0.2, 0.25) is 0 Å². The largest absolute Gasteiger partial charge is 0.497 e. The van der Waals surface area contributed by atoms with Crippen LogP contribution in [-0.2, 0) is 21.4 Å². The van der Waals surface area contributed by atoms with Crippen LogP contribution in [0.5, 0.6) is 34.5 Å². The van der Waals surface area contributed by atoms with Crippen molar-refractivity contribution in [3.8, 4) is 34.5 Å². The van der Waals surface area contributed by atoms with E-state index < -0.39 is 22.5 Å². The first-order chi connectivity index (χ1) is 22.7. The number of hydrogen-bond donors (Lipinski definition) is 1. The third kappa shape index (κ3) is 8.64. The Morgan fingerprint density at radius 2 is 1.47 bits per heavy atom. The predicted octanol–water partition coefficient (Wildman–Crippen LogP) is 5.04. The molecule has 0 aliphatic carbocycles. The number of rotatable bonds is 16. The minimum atomic E-state index is -4.36. The zero-order valence-electron chi connectivity index (χ0n) is 26.8. The lowest BCUT2D eigenvalue weighted by atomic mass is 10.2. The van der Waals surface area contributed by atoms with Crippen LogP contribution < -0.4 is 38.2 Å². The fourth-order valence-electron chi connectivity index (χ4n) is 4.47. The summed E-state index contributed by atoms with van der Waals surface area (Å²) in [4.78, 5) is 13.1. The smallest absolute Gasteiger partial charge is 0.265 e. The van der Waals surface area contributed by atoms with E-state index in [4.69, 9.17) is 28.4 Å². The Hall–Kier alpha value is -5.43. The standard InChI is InChI=1S/C34H37N3O9S/c1-6-45-33-18-25(12-15-31(33)46-23-24-10-8-7-9-11-24)21-35-36-34(38)22-37(28-19-26(41-2)13-16-29(28)42-3)47(39,40)27-14-17-30(43-4)32(20-27)44-5/h7-21H,6,22-23H2,1-5H3,(H,36,38)/b35-21-. The summed E-state index contributed by atoms with van der Waals surface area (Å²) >= 11 is 0. The van der Waals surface area contributed by atoms with Gasteiger partial charge in [0.15, 0.2) is 23.0 Å². The number of carbonyl (C=O) groups excluding carboxylic acids is 1. The van der Waals surface area contributed by atoms with Crippen molar-refractivity contribution >= 4 is 27.8 Å². The molecule has 4 aromatic carbocycles. The van der Waals surface area contributed by atoms with Gasteiger partial charge in [0.05, 0.1) is 51.8 Å². The topological polar surface area (TPSA) is 134 Å². The number of hydrogen-bond acceptors (Lipinski definition) is 10. The van der Waals surface area contributed by atoms with Gasteiger partial charge in [-0.2, -0.15) is 5.10 Å². The van der Waals surface area contributed by atoms with Crippen LogP contribution >= 0.6 is 0 Å². The number of ether oxygens (including phenoxy) is 6. The third-order valence-electron chi connectivity index (χ3n) is 6.79. The number of anilines is 1. The molecule has 0 aromatic heterocycles. The van der Waals surface area contributed by atoms with Crippen LogP contribution in [0.25, 0.3) is 0 Å². The number of amides is 1. The Morgan fingerprint density at radius 3 is 2.15 bits per heavy atom. The Kier molecular flexibility index (Phi) is 11.9. The van der Waals surface area contributed by atoms with E-state index in [1.807, 2.05) is 37.3 Å². The zero-order valence-corrected chi connectivity index (χ0v) is 27.6. The van der Waals surface area contributed by atoms with Gasteiger partial charge >= 0.3 is 0 Å². The monoisotopic (exact) mass is 663 g/mol. The van der Waals surface area contributed by atoms with Crippen molar-refractivity contribution in [2.45, 2.75) is 18.4 Å². The molecule has 1 N–H and O–H groups in total. The van der Waals surface area contributed by atoms with Crippen molar-refractivity contribution in [3.63, 3.8) is 0 Å². The van der Waals surface area contributed by atoms with Crippen molar-refractivity contribution in [1.82, 2.24) is 5.43 Å². The number of nitrogens with one attached hydrogen (secondary N) is 1. The fraction of sp³-hybridized carbons (Fsp3) is 0.235. The van der Waals surface area contributed by atoms with Gasteiger partial charge in [-0.3, -0.25) is 9.10 Å². The zero-order chi connectivity index (χ0) is 33.8. The summed E-state index contributed by atoms with van der Waals surface area (Å²) in [6, 6.07) is 23.7. The van der Waals surface area contributed by atoms with Crippen LogP contribution in [0, 0.1) is 0 Å². The summed E-state index contributed by atoms with van der Waals surface area (Å²) in [7, 11) is 1.31. The van der Waals surface area contributed by atoms with Crippen molar-refractivity contribution in [3.05, 3.63) is 96.1 Å². The molecular weight excluding hydrogens is 626 g/mol. The molecule has 0 unspecified atom stereocenters. The van der Waals surface area contributed by atoms with Gasteiger partial charge < -0.3 is 28.4 Å². The van der Waals surface area contributed by atoms with Crippen LogP contribution in [0.3, 0.4) is 0 Å². The quantitative estimate of drug-likeness (QED) is 0.129. The average molecular weight is 664 g/mol. The molecule has 0 aliphatic heterocycles. The summed E-state index contributed by atoms with van der Waals surface area (Å²) in [6.45, 7) is 2.00. The highest BCUT2D eigenvalue weighted by atomic mass is 32.2. The maximum atomic E-state index is 14.1. The molecule has 0 aliphatic rings. The molecule has 13 heteroatoms. The van der Waals surface area contributed by atoms with E-state index in [0.717, 1.165) is 9.87 Å². The summed E-state index contributed by atoms with van der Waals surface area (Å²) in [6.07, 6.45) is 1.42. The molecule has 12 nitrogen and oxygen atoms in total. The van der Waals surface area contributed by atoms with Crippen LogP contribution in [0.4, 0.5) is 5.69 Å². The third-order valence-corrected chi connectivity index (χ3v) is 8.55. The molecule has 0 fully saturated rings. The number of benzene rings is 4. The van der Waals surface area contributed by atoms with Crippen molar-refractivity contribution in [2.75, 3.05) is 45.9 Å². The number of sulfonamides is 1. The normalized spacial score (nSPS) is 11.1. The average Bonchev–Trinajstić information content (AvgIpc) is 3.10. The Balaban J connectivity index is 1.58. The molecule has 0 spiro atoms. The number of hydrazone groups is 1. The SMILES string of the molecule is CCOc1cc(/C=N\NC(=O)CN(c2cc(OC)ccc2OC)S(=O)(=O)c2ccc(OC)c(OC)c2)ccc1OCc1ccccc1. The summed E-state index contributed by atoms with van der Waals surface area (Å²) in [5, 5.41) is 4.06. The highest BCUT2D eigenvalue weighted by Gasteiger charge is 2.31. The second-order valence-electron chi connectivity index (χ2n) is 9.77. The van der Waals surface area contributed by atoms with Gasteiger partial charge in [-0.1, -0.05) is 30.3 Å². The molecule has 1 amide bonds. The highest BCUT2D eigenvalue weighted by Crippen LogP contribution is 2.37. The van der Waals surface area contributed by atoms with Crippen molar-refractivity contribution in [2.24, 2.45) is 5.10 Å². The predicted molar refractivity (Wildman–Crippen MR) is 178 cm³/mol. The lowest BCUT2D eigenvalue weighted by molar-refractivity contribution is -0.119. The maximum Gasteiger partial charge on any atom is 0.265 e. The van der Waals surface area contributed by atoms with E-state index in [-0.39, 0.29) is 22.1 Å². The van der Waals surface area contributed by atoms with Crippen molar-refractivity contribution in [1.29, 1.82) is 0 Å². The number of methoxy groups -OCH3 is 4. The molecule has 0 saturated heterocycles. The molecule has 0 heterocycles. The molecule has 0 saturated carbocycles. The van der Waals surface area contributed by atoms with Gasteiger partial charge in [0.25, 0.3) is 15.9 Å². The lowest BCUT2D eigenvalue weighted by Crippen LogP contribution is -2.39. The van der Waals surface area contributed by atoms with Crippen LogP contribution in [0.15, 0.2) is 94.9 Å². The second kappa shape index (κ2) is 16.2. The Labute approximate surface area is 274 Å². The van der Waals surface area contributed by atoms with Gasteiger partial charge in [0.2, 0.25) is 0 Å². The van der Waals surface area contributed by atoms with Gasteiger partial charge in [-0.15, -0.1) is 0 Å². The fourth-order valence-corrected chi connectivity index (χ4v) is 5.91. The summed E-state index contributed by atoms with van der Waals surface area (Å²) in [5.41, 5.74) is 4.11. The second-order valence-corrected chi connectivity index (χ2v) is 11.6. The first-order valence-electron chi connectivity index (χ1n) is 14.5. The van der Waals surface area contributed by atoms with Crippen LogP contribution in [-0.4, -0.2) is 62.1 Å². The number of nitrogens with zero attached hydrogens (tertiary/aromatic N) is 2. The minimum absolute atomic E-state index is 0.0770. The minimum Gasteiger partial charge on any atom is -0.497 e. The molecule has 0 radical (unpaired) electrons. The van der Waals surface area contributed by atoms with E-state index in [2.05, 4.69) is 10.5 Å². The van der Waals surface area contributed by atoms with Gasteiger partial charge in [-0.25, -0.2) is 13.8 Å². The van der Waals surface area contributed by atoms with E-state index in [1.165, 1.54) is 58.9 Å². The Bertz CT molecular complexity index is 1800. The molecular formula is C34H37N3O9S. The van der Waals surface area contributed by atoms with Gasteiger partial charge in [-0.05, 0) is 60.5 Å². The molecule has 47 heavy (non-hydrogen) atoms. The van der Waals surface area contributed by atoms with E-state index >= 15 is 0 Å². The first kappa shape index (κ1) is 34.4. The molecule has 0 atom stereocenters. The maximum absolute atomic E-state index is 14.1. The molecule has 4 rings (SSSR count). The Morgan fingerprint density at radius 1 is 0.766 bits per heavy atom. The summed E-state index contributed by atoms with van der Waals surface area (Å²) in [5.74, 6) is 1.44. The van der Waals surface area contributed by atoms with E-state index in [9.17, 15) is 13.2 Å². The highest BCUT2D eigenvalue weighted by molar-refractivity contribution is 7.92.